The number of anilines is 1. The summed E-state index contributed by atoms with van der Waals surface area (Å²) in [6.45, 7) is 1.79. The quantitative estimate of drug-likeness (QED) is 0.565. The zero-order chi connectivity index (χ0) is 21.7. The molecule has 0 aromatic heterocycles. The van der Waals surface area contributed by atoms with E-state index in [-0.39, 0.29) is 17.3 Å². The number of piperidine rings is 1. The fourth-order valence-corrected chi connectivity index (χ4v) is 5.30. The molecule has 0 saturated carbocycles. The summed E-state index contributed by atoms with van der Waals surface area (Å²) in [5.41, 5.74) is 2.06. The zero-order valence-corrected chi connectivity index (χ0v) is 18.2. The van der Waals surface area contributed by atoms with Crippen molar-refractivity contribution in [3.8, 4) is 0 Å². The first kappa shape index (κ1) is 21.1. The standard InChI is InChI=1S/C25H26N2O3S/c28-25(26-18-8-3-9-19-26)22-16-14-21(15-17-22)20-27(23-10-4-1-5-11-23)31(29,30)24-12-6-2-7-13-24/h1-2,4-7,10-17H,3,8-9,18-20H2. The van der Waals surface area contributed by atoms with E-state index in [9.17, 15) is 13.2 Å². The summed E-state index contributed by atoms with van der Waals surface area (Å²) in [5.74, 6) is 0.0445. The molecule has 0 radical (unpaired) electrons. The number of rotatable bonds is 6. The molecule has 1 heterocycles. The number of likely N-dealkylation sites (tertiary alicyclic amines) is 1. The summed E-state index contributed by atoms with van der Waals surface area (Å²) < 4.78 is 28.2. The van der Waals surface area contributed by atoms with Crippen molar-refractivity contribution in [2.75, 3.05) is 17.4 Å². The van der Waals surface area contributed by atoms with Gasteiger partial charge in [-0.2, -0.15) is 0 Å². The molecule has 1 saturated heterocycles. The van der Waals surface area contributed by atoms with E-state index in [2.05, 4.69) is 0 Å². The van der Waals surface area contributed by atoms with Crippen molar-refractivity contribution in [1.82, 2.24) is 4.90 Å². The highest BCUT2D eigenvalue weighted by atomic mass is 32.2. The highest BCUT2D eigenvalue weighted by Gasteiger charge is 2.25. The molecular formula is C25H26N2O3S. The Kier molecular flexibility index (Phi) is 6.37. The van der Waals surface area contributed by atoms with Gasteiger partial charge in [0.05, 0.1) is 17.1 Å². The van der Waals surface area contributed by atoms with E-state index in [1.807, 2.05) is 35.2 Å². The second-order valence-electron chi connectivity index (χ2n) is 7.71. The van der Waals surface area contributed by atoms with E-state index in [0.717, 1.165) is 31.5 Å². The molecule has 1 aliphatic heterocycles. The number of sulfonamides is 1. The molecule has 3 aromatic rings. The maximum atomic E-state index is 13.4. The second kappa shape index (κ2) is 9.35. The van der Waals surface area contributed by atoms with Crippen LogP contribution in [0.3, 0.4) is 0 Å². The summed E-state index contributed by atoms with van der Waals surface area (Å²) in [5, 5.41) is 0. The van der Waals surface area contributed by atoms with E-state index in [1.165, 1.54) is 10.7 Å². The van der Waals surface area contributed by atoms with Gasteiger partial charge in [-0.3, -0.25) is 9.10 Å². The Morgan fingerprint density at radius 1 is 0.774 bits per heavy atom. The highest BCUT2D eigenvalue weighted by molar-refractivity contribution is 7.92. The van der Waals surface area contributed by atoms with Crippen LogP contribution in [0.5, 0.6) is 0 Å². The molecule has 6 heteroatoms. The predicted octanol–water partition coefficient (Wildman–Crippen LogP) is 4.71. The fraction of sp³-hybridized carbons (Fsp3) is 0.240. The van der Waals surface area contributed by atoms with Crippen molar-refractivity contribution >= 4 is 21.6 Å². The van der Waals surface area contributed by atoms with Gasteiger partial charge < -0.3 is 4.90 Å². The van der Waals surface area contributed by atoms with Gasteiger partial charge in [-0.25, -0.2) is 8.42 Å². The Labute approximate surface area is 184 Å². The monoisotopic (exact) mass is 434 g/mol. The molecule has 5 nitrogen and oxygen atoms in total. The minimum Gasteiger partial charge on any atom is -0.339 e. The normalized spacial score (nSPS) is 14.3. The lowest BCUT2D eigenvalue weighted by Gasteiger charge is -2.27. The van der Waals surface area contributed by atoms with Gasteiger partial charge in [0.25, 0.3) is 15.9 Å². The van der Waals surface area contributed by atoms with Crippen LogP contribution in [0, 0.1) is 0 Å². The lowest BCUT2D eigenvalue weighted by Crippen LogP contribution is -2.35. The van der Waals surface area contributed by atoms with E-state index >= 15 is 0 Å². The van der Waals surface area contributed by atoms with Crippen molar-refractivity contribution in [3.63, 3.8) is 0 Å². The van der Waals surface area contributed by atoms with Crippen LogP contribution in [0.2, 0.25) is 0 Å². The maximum absolute atomic E-state index is 13.4. The summed E-state index contributed by atoms with van der Waals surface area (Å²) >= 11 is 0. The molecule has 1 amide bonds. The number of carbonyl (C=O) groups excluding carboxylic acids is 1. The highest BCUT2D eigenvalue weighted by Crippen LogP contribution is 2.26. The Bertz CT molecular complexity index is 1110. The van der Waals surface area contributed by atoms with Crippen LogP contribution in [0.15, 0.2) is 89.8 Å². The van der Waals surface area contributed by atoms with Crippen molar-refractivity contribution < 1.29 is 13.2 Å². The van der Waals surface area contributed by atoms with Gasteiger partial charge in [0.15, 0.2) is 0 Å². The summed E-state index contributed by atoms with van der Waals surface area (Å²) in [6, 6.07) is 24.8. The second-order valence-corrected chi connectivity index (χ2v) is 9.57. The number of hydrogen-bond acceptors (Lipinski definition) is 3. The Morgan fingerprint density at radius 2 is 1.35 bits per heavy atom. The van der Waals surface area contributed by atoms with Crippen LogP contribution in [0.1, 0.15) is 35.2 Å². The third kappa shape index (κ3) is 4.80. The van der Waals surface area contributed by atoms with E-state index in [0.29, 0.717) is 11.3 Å². The van der Waals surface area contributed by atoms with Gasteiger partial charge >= 0.3 is 0 Å². The van der Waals surface area contributed by atoms with Crippen molar-refractivity contribution in [1.29, 1.82) is 0 Å². The average Bonchev–Trinajstić information content (AvgIpc) is 2.84. The molecule has 1 fully saturated rings. The fourth-order valence-electron chi connectivity index (χ4n) is 3.83. The van der Waals surface area contributed by atoms with Crippen molar-refractivity contribution in [2.24, 2.45) is 0 Å². The molecule has 0 unspecified atom stereocenters. The van der Waals surface area contributed by atoms with Crippen molar-refractivity contribution in [3.05, 3.63) is 96.1 Å². The molecule has 0 spiro atoms. The van der Waals surface area contributed by atoms with E-state index in [1.54, 1.807) is 54.6 Å². The topological polar surface area (TPSA) is 57.7 Å². The first-order valence-electron chi connectivity index (χ1n) is 10.6. The molecule has 0 aliphatic carbocycles. The van der Waals surface area contributed by atoms with Gasteiger partial charge in [0.1, 0.15) is 0 Å². The Morgan fingerprint density at radius 3 is 1.97 bits per heavy atom. The van der Waals surface area contributed by atoms with E-state index < -0.39 is 10.0 Å². The lowest BCUT2D eigenvalue weighted by atomic mass is 10.1. The molecular weight excluding hydrogens is 408 g/mol. The molecule has 160 valence electrons. The predicted molar refractivity (Wildman–Crippen MR) is 122 cm³/mol. The minimum absolute atomic E-state index is 0.0445. The number of carbonyl (C=O) groups is 1. The smallest absolute Gasteiger partial charge is 0.264 e. The van der Waals surface area contributed by atoms with Gasteiger partial charge in [0, 0.05) is 18.7 Å². The van der Waals surface area contributed by atoms with Crippen LogP contribution in [-0.2, 0) is 16.6 Å². The number of benzene rings is 3. The average molecular weight is 435 g/mol. The molecule has 4 rings (SSSR count). The Balaban J connectivity index is 1.60. The molecule has 31 heavy (non-hydrogen) atoms. The van der Waals surface area contributed by atoms with Gasteiger partial charge in [-0.15, -0.1) is 0 Å². The first-order valence-corrected chi connectivity index (χ1v) is 12.0. The van der Waals surface area contributed by atoms with Gasteiger partial charge in [0.2, 0.25) is 0 Å². The molecule has 1 aliphatic rings. The van der Waals surface area contributed by atoms with Gasteiger partial charge in [-0.05, 0) is 61.2 Å². The number of para-hydroxylation sites is 1. The summed E-state index contributed by atoms with van der Waals surface area (Å²) in [6.07, 6.45) is 3.27. The Hall–Kier alpha value is -3.12. The molecule has 3 aromatic carbocycles. The third-order valence-corrected chi connectivity index (χ3v) is 7.33. The zero-order valence-electron chi connectivity index (χ0n) is 17.4. The summed E-state index contributed by atoms with van der Waals surface area (Å²) in [4.78, 5) is 14.9. The molecule has 0 bridgehead atoms. The van der Waals surface area contributed by atoms with Crippen molar-refractivity contribution in [2.45, 2.75) is 30.7 Å². The van der Waals surface area contributed by atoms with Crippen LogP contribution in [0.25, 0.3) is 0 Å². The SMILES string of the molecule is O=C(c1ccc(CN(c2ccccc2)S(=O)(=O)c2ccccc2)cc1)N1CCCCC1. The van der Waals surface area contributed by atoms with Crippen LogP contribution < -0.4 is 4.31 Å². The third-order valence-electron chi connectivity index (χ3n) is 5.55. The largest absolute Gasteiger partial charge is 0.339 e. The summed E-state index contributed by atoms with van der Waals surface area (Å²) in [7, 11) is -3.74. The number of hydrogen-bond donors (Lipinski definition) is 0. The van der Waals surface area contributed by atoms with Gasteiger partial charge in [-0.1, -0.05) is 48.5 Å². The van der Waals surface area contributed by atoms with Crippen LogP contribution in [0.4, 0.5) is 5.69 Å². The number of amides is 1. The van der Waals surface area contributed by atoms with Crippen LogP contribution >= 0.6 is 0 Å². The van der Waals surface area contributed by atoms with Crippen LogP contribution in [-0.4, -0.2) is 32.3 Å². The maximum Gasteiger partial charge on any atom is 0.264 e. The molecule has 0 N–H and O–H groups in total. The molecule has 0 atom stereocenters. The number of nitrogens with zero attached hydrogens (tertiary/aromatic N) is 2. The first-order chi connectivity index (χ1) is 15.1. The lowest BCUT2D eigenvalue weighted by molar-refractivity contribution is 0.0724. The minimum atomic E-state index is -3.74. The van der Waals surface area contributed by atoms with E-state index in [4.69, 9.17) is 0 Å².